The molecule has 1 aliphatic heterocycles. The Hall–Kier alpha value is -1.02. The molecule has 3 atom stereocenters. The highest BCUT2D eigenvalue weighted by Crippen LogP contribution is 2.55. The largest absolute Gasteiger partial charge is 0.494 e. The molecule has 0 aromatic heterocycles. The highest BCUT2D eigenvalue weighted by Gasteiger charge is 2.53. The SMILES string of the molecule is [2H]C([2H])([2H])N1CCC23CCCC[C@@H]2[C@@H]1Cc1ccc(OC([2H])([2H])C([2H])([2H])[2H])cc13. The Morgan fingerprint density at radius 1 is 1.43 bits per heavy atom. The minimum Gasteiger partial charge on any atom is -0.494 e. The van der Waals surface area contributed by atoms with E-state index in [1.807, 2.05) is 12.1 Å². The molecule has 1 saturated carbocycles. The second-order valence-electron chi connectivity index (χ2n) is 6.75. The molecule has 1 heterocycles. The molecule has 0 amide bonds. The van der Waals surface area contributed by atoms with Gasteiger partial charge in [-0.15, -0.1) is 0 Å². The Balaban J connectivity index is 1.74. The molecular weight excluding hydrogens is 258 g/mol. The Kier molecular flexibility index (Phi) is 1.79. The molecule has 1 unspecified atom stereocenters. The summed E-state index contributed by atoms with van der Waals surface area (Å²) in [5.74, 6) is 0.466. The lowest BCUT2D eigenvalue weighted by Gasteiger charge is -2.58. The topological polar surface area (TPSA) is 12.5 Å². The van der Waals surface area contributed by atoms with Gasteiger partial charge in [0, 0.05) is 19.7 Å². The van der Waals surface area contributed by atoms with Crippen LogP contribution in [0.25, 0.3) is 0 Å². The van der Waals surface area contributed by atoms with E-state index in [-0.39, 0.29) is 23.1 Å². The van der Waals surface area contributed by atoms with Crippen LogP contribution in [0.1, 0.15) is 61.0 Å². The fraction of sp³-hybridized carbons (Fsp3) is 0.684. The van der Waals surface area contributed by atoms with Crippen LogP contribution < -0.4 is 4.74 Å². The second kappa shape index (κ2) is 5.01. The molecule has 3 aliphatic rings. The molecule has 1 aromatic rings. The number of hydrogen-bond acceptors (Lipinski definition) is 2. The first-order chi connectivity index (χ1) is 13.4. The normalized spacial score (nSPS) is 42.5. The number of fused-ring (bicyclic) bond motifs is 1. The van der Waals surface area contributed by atoms with Crippen molar-refractivity contribution >= 4 is 0 Å². The fourth-order valence-electron chi connectivity index (χ4n) is 5.11. The van der Waals surface area contributed by atoms with Crippen molar-refractivity contribution in [3.8, 4) is 5.75 Å². The van der Waals surface area contributed by atoms with Crippen LogP contribution in [0.5, 0.6) is 5.75 Å². The highest BCUT2D eigenvalue weighted by molar-refractivity contribution is 5.45. The summed E-state index contributed by atoms with van der Waals surface area (Å²) in [6.45, 7) is -7.25. The van der Waals surface area contributed by atoms with E-state index in [1.165, 1.54) is 0 Å². The van der Waals surface area contributed by atoms with Crippen molar-refractivity contribution in [2.24, 2.45) is 5.92 Å². The van der Waals surface area contributed by atoms with Gasteiger partial charge in [0.15, 0.2) is 0 Å². The number of rotatable bonds is 2. The number of piperidine rings is 1. The van der Waals surface area contributed by atoms with E-state index in [0.717, 1.165) is 43.2 Å². The third kappa shape index (κ3) is 1.95. The number of hydrogen-bond donors (Lipinski definition) is 0. The molecule has 2 heteroatoms. The zero-order chi connectivity index (χ0) is 21.2. The second-order valence-corrected chi connectivity index (χ2v) is 6.75. The first kappa shape index (κ1) is 7.50. The van der Waals surface area contributed by atoms with Crippen LogP contribution in [-0.4, -0.2) is 31.0 Å². The van der Waals surface area contributed by atoms with E-state index < -0.39 is 20.4 Å². The van der Waals surface area contributed by atoms with Crippen LogP contribution in [0.15, 0.2) is 18.2 Å². The van der Waals surface area contributed by atoms with Crippen LogP contribution in [-0.2, 0) is 11.8 Å². The third-order valence-corrected chi connectivity index (χ3v) is 5.98. The zero-order valence-electron chi connectivity index (χ0n) is 20.2. The quantitative estimate of drug-likeness (QED) is 0.823. The van der Waals surface area contributed by atoms with E-state index in [0.29, 0.717) is 13.0 Å². The van der Waals surface area contributed by atoms with Gasteiger partial charge >= 0.3 is 0 Å². The third-order valence-electron chi connectivity index (χ3n) is 5.98. The summed E-state index contributed by atoms with van der Waals surface area (Å²) in [7, 11) is 0. The van der Waals surface area contributed by atoms with Crippen LogP contribution in [0.2, 0.25) is 0 Å². The number of ether oxygens (including phenoxy) is 1. The lowest BCUT2D eigenvalue weighted by atomic mass is 9.52. The van der Waals surface area contributed by atoms with Gasteiger partial charge in [-0.25, -0.2) is 0 Å². The Morgan fingerprint density at radius 2 is 2.43 bits per heavy atom. The van der Waals surface area contributed by atoms with Crippen molar-refractivity contribution in [2.45, 2.75) is 56.8 Å². The number of likely N-dealkylation sites (tertiary alicyclic amines) is 1. The molecule has 0 spiro atoms. The number of likely N-dealkylation sites (N-methyl/N-ethyl adjacent to an activating group) is 1. The van der Waals surface area contributed by atoms with E-state index >= 15 is 0 Å². The predicted octanol–water partition coefficient (Wildman–Crippen LogP) is 3.77. The van der Waals surface area contributed by atoms with Crippen LogP contribution in [0.3, 0.4) is 0 Å². The van der Waals surface area contributed by atoms with Gasteiger partial charge in [-0.1, -0.05) is 18.9 Å². The van der Waals surface area contributed by atoms with Gasteiger partial charge in [-0.3, -0.25) is 0 Å². The Morgan fingerprint density at radius 3 is 3.33 bits per heavy atom. The van der Waals surface area contributed by atoms with Crippen LogP contribution >= 0.6 is 0 Å². The van der Waals surface area contributed by atoms with Gasteiger partial charge in [0.1, 0.15) is 5.75 Å². The van der Waals surface area contributed by atoms with Crippen molar-refractivity contribution in [3.63, 3.8) is 0 Å². The van der Waals surface area contributed by atoms with Crippen molar-refractivity contribution in [3.05, 3.63) is 29.3 Å². The average Bonchev–Trinajstić information content (AvgIpc) is 2.60. The van der Waals surface area contributed by atoms with Crippen molar-refractivity contribution in [1.82, 2.24) is 4.90 Å². The summed E-state index contributed by atoms with van der Waals surface area (Å²) < 4.78 is 66.9. The molecule has 114 valence electrons. The molecule has 0 radical (unpaired) electrons. The van der Waals surface area contributed by atoms with Gasteiger partial charge in [0.05, 0.1) is 9.30 Å². The van der Waals surface area contributed by atoms with Crippen molar-refractivity contribution in [1.29, 1.82) is 0 Å². The maximum absolute atomic E-state index is 7.97. The summed E-state index contributed by atoms with van der Waals surface area (Å²) in [5, 5.41) is 0. The molecule has 1 saturated heterocycles. The van der Waals surface area contributed by atoms with Crippen LogP contribution in [0, 0.1) is 5.92 Å². The van der Waals surface area contributed by atoms with Crippen LogP contribution in [0.4, 0.5) is 0 Å². The lowest BCUT2D eigenvalue weighted by Crippen LogP contribution is -2.59. The summed E-state index contributed by atoms with van der Waals surface area (Å²) >= 11 is 0. The molecule has 2 aliphatic carbocycles. The molecular formula is C19H27NO. The van der Waals surface area contributed by atoms with E-state index in [9.17, 15) is 0 Å². The minimum atomic E-state index is -2.88. The molecule has 2 nitrogen and oxygen atoms in total. The summed E-state index contributed by atoms with van der Waals surface area (Å²) in [5.41, 5.74) is 2.04. The Bertz CT molecular complexity index is 789. The fourth-order valence-corrected chi connectivity index (χ4v) is 5.11. The smallest absolute Gasteiger partial charge is 0.119 e. The van der Waals surface area contributed by atoms with Crippen molar-refractivity contribution in [2.75, 3.05) is 20.1 Å². The molecule has 4 rings (SSSR count). The van der Waals surface area contributed by atoms with E-state index in [2.05, 4.69) is 0 Å². The van der Waals surface area contributed by atoms with Gasteiger partial charge in [0.2, 0.25) is 0 Å². The summed E-state index contributed by atoms with van der Waals surface area (Å²) in [6, 6.07) is 5.27. The molecule has 21 heavy (non-hydrogen) atoms. The first-order valence-corrected chi connectivity index (χ1v) is 7.94. The maximum Gasteiger partial charge on any atom is 0.119 e. The molecule has 0 N–H and O–H groups in total. The molecule has 1 aromatic carbocycles. The molecule has 2 bridgehead atoms. The standard InChI is InChI=1S/C19H27NO/c1-3-21-15-8-7-14-12-18-16-6-4-5-9-19(16,17(14)13-15)10-11-20(18)2/h7-8,13,16,18H,3-6,9-12H2,1-2H3/t16-,18+,19?/m1/s1/i1D3,2D3,3D2. The number of benzene rings is 1. The Labute approximate surface area is 139 Å². The lowest BCUT2D eigenvalue weighted by molar-refractivity contribution is 0.00271. The predicted molar refractivity (Wildman–Crippen MR) is 86.0 cm³/mol. The first-order valence-electron chi connectivity index (χ1n) is 11.9. The number of nitrogens with zero attached hydrogens (tertiary/aromatic N) is 1. The highest BCUT2D eigenvalue weighted by atomic mass is 16.5. The minimum absolute atomic E-state index is 0.0235. The molecule has 2 fully saturated rings. The van der Waals surface area contributed by atoms with Crippen molar-refractivity contribution < 1.29 is 15.7 Å². The van der Waals surface area contributed by atoms with Gasteiger partial charge in [-0.2, -0.15) is 0 Å². The summed E-state index contributed by atoms with van der Waals surface area (Å²) in [4.78, 5) is 1.70. The monoisotopic (exact) mass is 293 g/mol. The average molecular weight is 293 g/mol. The van der Waals surface area contributed by atoms with E-state index in [4.69, 9.17) is 15.7 Å². The summed E-state index contributed by atoms with van der Waals surface area (Å²) in [6.07, 6.45) is 5.52. The van der Waals surface area contributed by atoms with Gasteiger partial charge in [-0.05, 0) is 75.2 Å². The maximum atomic E-state index is 7.97. The van der Waals surface area contributed by atoms with Gasteiger partial charge in [0.25, 0.3) is 0 Å². The zero-order valence-corrected chi connectivity index (χ0v) is 12.2. The van der Waals surface area contributed by atoms with E-state index in [1.54, 1.807) is 11.0 Å². The van der Waals surface area contributed by atoms with Gasteiger partial charge < -0.3 is 9.64 Å².